The lowest BCUT2D eigenvalue weighted by Crippen LogP contribution is -2.46. The molecule has 1 aromatic heterocycles. The predicted octanol–water partition coefficient (Wildman–Crippen LogP) is 1.94. The first-order valence-corrected chi connectivity index (χ1v) is 6.56. The SMILES string of the molecule is CCN(C(=O)NC(C)c1ncc(C)o1)C(C)CC(=O)O. The molecule has 0 aliphatic rings. The molecule has 2 N–H and O–H groups in total. The molecule has 1 aromatic rings. The number of aryl methyl sites for hydroxylation is 1. The summed E-state index contributed by atoms with van der Waals surface area (Å²) in [5.74, 6) is 0.172. The van der Waals surface area contributed by atoms with E-state index in [-0.39, 0.29) is 24.5 Å². The topological polar surface area (TPSA) is 95.7 Å². The first-order valence-electron chi connectivity index (χ1n) is 6.56. The minimum atomic E-state index is -0.930. The Hall–Kier alpha value is -2.05. The highest BCUT2D eigenvalue weighted by Crippen LogP contribution is 2.13. The van der Waals surface area contributed by atoms with E-state index in [1.54, 1.807) is 33.9 Å². The summed E-state index contributed by atoms with van der Waals surface area (Å²) in [5, 5.41) is 11.5. The number of oxazole rings is 1. The molecule has 2 atom stereocenters. The van der Waals surface area contributed by atoms with Crippen molar-refractivity contribution in [2.24, 2.45) is 0 Å². The Morgan fingerprint density at radius 3 is 2.60 bits per heavy atom. The van der Waals surface area contributed by atoms with Gasteiger partial charge in [0.1, 0.15) is 11.8 Å². The highest BCUT2D eigenvalue weighted by molar-refractivity contribution is 5.76. The van der Waals surface area contributed by atoms with Crippen molar-refractivity contribution in [2.45, 2.75) is 46.2 Å². The van der Waals surface area contributed by atoms with Crippen LogP contribution in [0.3, 0.4) is 0 Å². The zero-order valence-electron chi connectivity index (χ0n) is 12.2. The minimum Gasteiger partial charge on any atom is -0.481 e. The highest BCUT2D eigenvalue weighted by Gasteiger charge is 2.23. The van der Waals surface area contributed by atoms with Crippen molar-refractivity contribution < 1.29 is 19.1 Å². The van der Waals surface area contributed by atoms with Gasteiger partial charge in [0.15, 0.2) is 0 Å². The third-order valence-electron chi connectivity index (χ3n) is 2.95. The number of carboxylic acid groups (broad SMARTS) is 1. The Kier molecular flexibility index (Phi) is 5.54. The summed E-state index contributed by atoms with van der Waals surface area (Å²) in [7, 11) is 0. The predicted molar refractivity (Wildman–Crippen MR) is 72.3 cm³/mol. The first-order chi connectivity index (χ1) is 9.35. The molecule has 2 unspecified atom stereocenters. The summed E-state index contributed by atoms with van der Waals surface area (Å²) in [6.45, 7) is 7.48. The lowest BCUT2D eigenvalue weighted by molar-refractivity contribution is -0.138. The summed E-state index contributed by atoms with van der Waals surface area (Å²) in [5.41, 5.74) is 0. The van der Waals surface area contributed by atoms with Gasteiger partial charge in [-0.15, -0.1) is 0 Å². The zero-order valence-corrected chi connectivity index (χ0v) is 12.2. The van der Waals surface area contributed by atoms with Crippen molar-refractivity contribution in [3.05, 3.63) is 17.8 Å². The van der Waals surface area contributed by atoms with E-state index in [2.05, 4.69) is 10.3 Å². The van der Waals surface area contributed by atoms with E-state index in [0.29, 0.717) is 18.2 Å². The van der Waals surface area contributed by atoms with Crippen LogP contribution in [-0.4, -0.2) is 39.6 Å². The van der Waals surface area contributed by atoms with Crippen LogP contribution in [0.5, 0.6) is 0 Å². The molecule has 2 amide bonds. The van der Waals surface area contributed by atoms with E-state index in [9.17, 15) is 9.59 Å². The lowest BCUT2D eigenvalue weighted by Gasteiger charge is -2.28. The van der Waals surface area contributed by atoms with E-state index in [1.807, 2.05) is 0 Å². The van der Waals surface area contributed by atoms with Crippen LogP contribution in [0.4, 0.5) is 4.79 Å². The molecule has 0 bridgehead atoms. The molecule has 0 spiro atoms. The maximum Gasteiger partial charge on any atom is 0.318 e. The standard InChI is InChI=1S/C13H21N3O4/c1-5-16(8(2)6-11(17)18)13(19)15-10(4)12-14-7-9(3)20-12/h7-8,10H,5-6H2,1-4H3,(H,15,19)(H,17,18). The molecule has 0 radical (unpaired) electrons. The molecule has 112 valence electrons. The first kappa shape index (κ1) is 16.0. The second-order valence-electron chi connectivity index (χ2n) is 4.71. The number of carbonyl (C=O) groups excluding carboxylic acids is 1. The number of urea groups is 1. The summed E-state index contributed by atoms with van der Waals surface area (Å²) < 4.78 is 5.35. The molecule has 1 heterocycles. The maximum atomic E-state index is 12.1. The number of aromatic nitrogens is 1. The Morgan fingerprint density at radius 2 is 2.15 bits per heavy atom. The van der Waals surface area contributed by atoms with E-state index < -0.39 is 5.97 Å². The smallest absolute Gasteiger partial charge is 0.318 e. The summed E-state index contributed by atoms with van der Waals surface area (Å²) in [6.07, 6.45) is 1.50. The van der Waals surface area contributed by atoms with Crippen LogP contribution in [0, 0.1) is 6.92 Å². The van der Waals surface area contributed by atoms with Gasteiger partial charge in [0, 0.05) is 12.6 Å². The number of aliphatic carboxylic acids is 1. The molecule has 7 heteroatoms. The molecule has 0 fully saturated rings. The van der Waals surface area contributed by atoms with Gasteiger partial charge in [-0.3, -0.25) is 4.79 Å². The Balaban J connectivity index is 2.65. The fourth-order valence-electron chi connectivity index (χ4n) is 1.92. The van der Waals surface area contributed by atoms with Gasteiger partial charge in [0.25, 0.3) is 0 Å². The second kappa shape index (κ2) is 6.93. The number of nitrogens with one attached hydrogen (secondary N) is 1. The van der Waals surface area contributed by atoms with Crippen LogP contribution < -0.4 is 5.32 Å². The largest absolute Gasteiger partial charge is 0.481 e. The summed E-state index contributed by atoms with van der Waals surface area (Å²) in [6, 6.07) is -1.08. The van der Waals surface area contributed by atoms with E-state index >= 15 is 0 Å². The molecule has 0 saturated carbocycles. The zero-order chi connectivity index (χ0) is 15.3. The van der Waals surface area contributed by atoms with Crippen molar-refractivity contribution >= 4 is 12.0 Å². The molecule has 0 aliphatic carbocycles. The van der Waals surface area contributed by atoms with Gasteiger partial charge in [-0.1, -0.05) is 0 Å². The number of hydrogen-bond donors (Lipinski definition) is 2. The third kappa shape index (κ3) is 4.25. The van der Waals surface area contributed by atoms with E-state index in [4.69, 9.17) is 9.52 Å². The van der Waals surface area contributed by atoms with Crippen LogP contribution in [0.25, 0.3) is 0 Å². The average Bonchev–Trinajstić information content (AvgIpc) is 2.75. The van der Waals surface area contributed by atoms with Crippen molar-refractivity contribution in [1.82, 2.24) is 15.2 Å². The van der Waals surface area contributed by atoms with Crippen molar-refractivity contribution in [2.75, 3.05) is 6.54 Å². The highest BCUT2D eigenvalue weighted by atomic mass is 16.4. The van der Waals surface area contributed by atoms with Crippen LogP contribution >= 0.6 is 0 Å². The quantitative estimate of drug-likeness (QED) is 0.831. The van der Waals surface area contributed by atoms with Crippen LogP contribution in [-0.2, 0) is 4.79 Å². The van der Waals surface area contributed by atoms with E-state index in [1.165, 1.54) is 4.90 Å². The molecule has 1 rings (SSSR count). The number of carbonyl (C=O) groups is 2. The monoisotopic (exact) mass is 283 g/mol. The Labute approximate surface area is 118 Å². The summed E-state index contributed by atoms with van der Waals surface area (Å²) >= 11 is 0. The Morgan fingerprint density at radius 1 is 1.50 bits per heavy atom. The summed E-state index contributed by atoms with van der Waals surface area (Å²) in [4.78, 5) is 28.4. The van der Waals surface area contributed by atoms with Gasteiger partial charge in [0.2, 0.25) is 5.89 Å². The number of rotatable bonds is 6. The van der Waals surface area contributed by atoms with Crippen LogP contribution in [0.2, 0.25) is 0 Å². The van der Waals surface area contributed by atoms with Crippen molar-refractivity contribution in [3.8, 4) is 0 Å². The molecule has 0 aliphatic heterocycles. The molecular weight excluding hydrogens is 262 g/mol. The molecular formula is C13H21N3O4. The van der Waals surface area contributed by atoms with Crippen LogP contribution in [0.15, 0.2) is 10.6 Å². The number of carboxylic acids is 1. The Bertz CT molecular complexity index is 472. The number of amides is 2. The second-order valence-corrected chi connectivity index (χ2v) is 4.71. The normalized spacial score (nSPS) is 13.6. The fourth-order valence-corrected chi connectivity index (χ4v) is 1.92. The fraction of sp³-hybridized carbons (Fsp3) is 0.615. The van der Waals surface area contributed by atoms with Crippen molar-refractivity contribution in [3.63, 3.8) is 0 Å². The molecule has 0 saturated heterocycles. The van der Waals surface area contributed by atoms with Gasteiger partial charge < -0.3 is 19.7 Å². The number of hydrogen-bond acceptors (Lipinski definition) is 4. The van der Waals surface area contributed by atoms with Gasteiger partial charge in [0.05, 0.1) is 12.6 Å². The average molecular weight is 283 g/mol. The molecule has 20 heavy (non-hydrogen) atoms. The van der Waals surface area contributed by atoms with Gasteiger partial charge in [-0.2, -0.15) is 0 Å². The van der Waals surface area contributed by atoms with Gasteiger partial charge >= 0.3 is 12.0 Å². The lowest BCUT2D eigenvalue weighted by atomic mass is 10.2. The third-order valence-corrected chi connectivity index (χ3v) is 2.95. The van der Waals surface area contributed by atoms with Crippen molar-refractivity contribution in [1.29, 1.82) is 0 Å². The maximum absolute atomic E-state index is 12.1. The molecule has 0 aromatic carbocycles. The van der Waals surface area contributed by atoms with Gasteiger partial charge in [-0.25, -0.2) is 9.78 Å². The van der Waals surface area contributed by atoms with Gasteiger partial charge in [-0.05, 0) is 27.7 Å². The minimum absolute atomic E-state index is 0.0895. The van der Waals surface area contributed by atoms with E-state index in [0.717, 1.165) is 0 Å². The molecule has 7 nitrogen and oxygen atoms in total. The van der Waals surface area contributed by atoms with Crippen LogP contribution in [0.1, 0.15) is 44.9 Å². The number of nitrogens with zero attached hydrogens (tertiary/aromatic N) is 2.